The zero-order valence-electron chi connectivity index (χ0n) is 10.6. The first-order valence-corrected chi connectivity index (χ1v) is 5.78. The normalized spacial score (nSPS) is 10.9. The average Bonchev–Trinajstić information content (AvgIpc) is 2.36. The molecule has 0 aliphatic heterocycles. The number of fused-ring (bicyclic) bond motifs is 1. The average molecular weight is 261 g/mol. The summed E-state index contributed by atoms with van der Waals surface area (Å²) in [6.07, 6.45) is 5.27. The molecule has 0 saturated heterocycles. The maximum absolute atomic E-state index is 13.8. The number of phenolic OH excluding ortho intramolecular Hbond substituents is 1. The molecule has 0 unspecified atom stereocenters. The van der Waals surface area contributed by atoms with Crippen molar-refractivity contribution in [3.8, 4) is 18.1 Å². The molecule has 0 heterocycles. The van der Waals surface area contributed by atoms with Crippen LogP contribution < -0.4 is 5.73 Å². The van der Waals surface area contributed by atoms with Crippen molar-refractivity contribution in [2.24, 2.45) is 0 Å². The first-order chi connectivity index (χ1) is 8.88. The van der Waals surface area contributed by atoms with Crippen molar-refractivity contribution < 1.29 is 13.9 Å². The van der Waals surface area contributed by atoms with Crippen molar-refractivity contribution in [1.29, 1.82) is 0 Å². The van der Waals surface area contributed by atoms with E-state index in [0.29, 0.717) is 16.6 Å². The van der Waals surface area contributed by atoms with Gasteiger partial charge in [-0.15, -0.1) is 6.42 Å². The Hall–Kier alpha value is -2.28. The van der Waals surface area contributed by atoms with Gasteiger partial charge in [-0.25, -0.2) is 4.39 Å². The van der Waals surface area contributed by atoms with Gasteiger partial charge in [0, 0.05) is 16.5 Å². The minimum atomic E-state index is -1.35. The zero-order chi connectivity index (χ0) is 14.3. The van der Waals surface area contributed by atoms with Crippen molar-refractivity contribution >= 4 is 16.5 Å². The van der Waals surface area contributed by atoms with E-state index >= 15 is 0 Å². The van der Waals surface area contributed by atoms with Crippen molar-refractivity contribution in [2.75, 3.05) is 5.73 Å². The third-order valence-corrected chi connectivity index (χ3v) is 3.08. The summed E-state index contributed by atoms with van der Waals surface area (Å²) in [6.45, 7) is 3.76. The van der Waals surface area contributed by atoms with Gasteiger partial charge in [-0.05, 0) is 23.6 Å². The fraction of sp³-hybridized carbons (Fsp3) is 0.200. The number of halogens is 2. The van der Waals surface area contributed by atoms with Crippen molar-refractivity contribution in [2.45, 2.75) is 19.8 Å². The number of terminal acetylenes is 1. The molecule has 0 spiro atoms. The summed E-state index contributed by atoms with van der Waals surface area (Å²) >= 11 is 0. The first-order valence-electron chi connectivity index (χ1n) is 5.78. The van der Waals surface area contributed by atoms with Crippen LogP contribution in [0.4, 0.5) is 14.5 Å². The van der Waals surface area contributed by atoms with Crippen molar-refractivity contribution in [1.82, 2.24) is 0 Å². The van der Waals surface area contributed by atoms with Crippen LogP contribution in [0, 0.1) is 24.0 Å². The van der Waals surface area contributed by atoms with Gasteiger partial charge >= 0.3 is 0 Å². The van der Waals surface area contributed by atoms with E-state index in [1.165, 1.54) is 6.07 Å². The van der Waals surface area contributed by atoms with Gasteiger partial charge in [-0.1, -0.05) is 19.8 Å². The molecule has 0 aliphatic rings. The van der Waals surface area contributed by atoms with Crippen LogP contribution in [0.25, 0.3) is 10.8 Å². The maximum atomic E-state index is 13.8. The molecule has 0 bridgehead atoms. The molecular formula is C15H13F2NO. The van der Waals surface area contributed by atoms with Crippen LogP contribution >= 0.6 is 0 Å². The molecule has 0 amide bonds. The van der Waals surface area contributed by atoms with Crippen LogP contribution in [0.15, 0.2) is 12.1 Å². The number of hydrogen-bond acceptors (Lipinski definition) is 2. The summed E-state index contributed by atoms with van der Waals surface area (Å²) < 4.78 is 27.4. The molecule has 2 rings (SSSR count). The highest BCUT2D eigenvalue weighted by atomic mass is 19.2. The number of benzene rings is 2. The van der Waals surface area contributed by atoms with Gasteiger partial charge in [0.25, 0.3) is 0 Å². The molecule has 4 heteroatoms. The van der Waals surface area contributed by atoms with Gasteiger partial charge in [0.1, 0.15) is 0 Å². The van der Waals surface area contributed by atoms with Crippen LogP contribution in [-0.2, 0) is 0 Å². The number of phenols is 1. The monoisotopic (exact) mass is 261 g/mol. The lowest BCUT2D eigenvalue weighted by Crippen LogP contribution is -2.00. The molecule has 0 aromatic heterocycles. The lowest BCUT2D eigenvalue weighted by molar-refractivity contribution is 0.412. The fourth-order valence-electron chi connectivity index (χ4n) is 2.19. The quantitative estimate of drug-likeness (QED) is 0.609. The van der Waals surface area contributed by atoms with E-state index in [1.54, 1.807) is 6.07 Å². The molecular weight excluding hydrogens is 248 g/mol. The second-order valence-corrected chi connectivity index (χ2v) is 4.68. The predicted octanol–water partition coefficient (Wildman–Crippen LogP) is 3.51. The smallest absolute Gasteiger partial charge is 0.202 e. The molecule has 0 fully saturated rings. The topological polar surface area (TPSA) is 46.2 Å². The van der Waals surface area contributed by atoms with Crippen LogP contribution in [0.5, 0.6) is 5.75 Å². The number of nitrogens with two attached hydrogens (primary N) is 1. The molecule has 2 nitrogen and oxygen atoms in total. The molecule has 0 aliphatic carbocycles. The van der Waals surface area contributed by atoms with E-state index in [0.717, 1.165) is 0 Å². The van der Waals surface area contributed by atoms with Crippen molar-refractivity contribution in [3.05, 3.63) is 34.9 Å². The third-order valence-electron chi connectivity index (χ3n) is 3.08. The van der Waals surface area contributed by atoms with E-state index in [9.17, 15) is 13.9 Å². The summed E-state index contributed by atoms with van der Waals surface area (Å²) in [7, 11) is 0. The summed E-state index contributed by atoms with van der Waals surface area (Å²) in [6, 6.07) is 3.05. The number of hydrogen-bond donors (Lipinski definition) is 2. The van der Waals surface area contributed by atoms with E-state index in [-0.39, 0.29) is 16.9 Å². The second-order valence-electron chi connectivity index (χ2n) is 4.68. The number of nitrogen functional groups attached to an aromatic ring is 1. The molecule has 0 radical (unpaired) electrons. The van der Waals surface area contributed by atoms with E-state index in [4.69, 9.17) is 12.2 Å². The van der Waals surface area contributed by atoms with Gasteiger partial charge in [0.2, 0.25) is 5.82 Å². The summed E-state index contributed by atoms with van der Waals surface area (Å²) in [4.78, 5) is 0. The Bertz CT molecular complexity index is 715. The highest BCUT2D eigenvalue weighted by Crippen LogP contribution is 2.38. The van der Waals surface area contributed by atoms with Crippen LogP contribution in [0.2, 0.25) is 0 Å². The number of aromatic hydroxyl groups is 1. The van der Waals surface area contributed by atoms with Crippen LogP contribution in [-0.4, -0.2) is 5.11 Å². The minimum absolute atomic E-state index is 0.00219. The lowest BCUT2D eigenvalue weighted by Gasteiger charge is -2.15. The SMILES string of the molecule is C#Cc1c(F)c(F)c(O)c2cc(N)cc(C(C)C)c12. The van der Waals surface area contributed by atoms with Crippen LogP contribution in [0.3, 0.4) is 0 Å². The molecule has 0 saturated carbocycles. The zero-order valence-corrected chi connectivity index (χ0v) is 10.6. The van der Waals surface area contributed by atoms with E-state index in [2.05, 4.69) is 5.92 Å². The summed E-state index contributed by atoms with van der Waals surface area (Å²) in [5, 5.41) is 10.2. The largest absolute Gasteiger partial charge is 0.504 e. The van der Waals surface area contributed by atoms with E-state index < -0.39 is 17.4 Å². The van der Waals surface area contributed by atoms with Gasteiger partial charge in [-0.3, -0.25) is 0 Å². The number of rotatable bonds is 1. The Morgan fingerprint density at radius 1 is 1.26 bits per heavy atom. The van der Waals surface area contributed by atoms with Gasteiger partial charge in [-0.2, -0.15) is 4.39 Å². The first kappa shape index (κ1) is 13.2. The fourth-order valence-corrected chi connectivity index (χ4v) is 2.19. The summed E-state index contributed by atoms with van der Waals surface area (Å²) in [5.41, 5.74) is 6.59. The third kappa shape index (κ3) is 1.88. The minimum Gasteiger partial charge on any atom is -0.504 e. The van der Waals surface area contributed by atoms with E-state index in [1.807, 2.05) is 13.8 Å². The van der Waals surface area contributed by atoms with Gasteiger partial charge < -0.3 is 10.8 Å². The molecule has 98 valence electrons. The Morgan fingerprint density at radius 2 is 1.89 bits per heavy atom. The Kier molecular flexibility index (Phi) is 3.07. The molecule has 19 heavy (non-hydrogen) atoms. The highest BCUT2D eigenvalue weighted by molar-refractivity contribution is 5.98. The standard InChI is InChI=1S/C15H13F2NO/c1-4-9-12-10(7(2)3)5-8(18)6-11(12)15(19)14(17)13(9)16/h1,5-7,19H,18H2,2-3H3. The van der Waals surface area contributed by atoms with Gasteiger partial charge in [0.05, 0.1) is 5.56 Å². The molecule has 2 aromatic rings. The maximum Gasteiger partial charge on any atom is 0.202 e. The Labute approximate surface area is 109 Å². The Morgan fingerprint density at radius 3 is 2.42 bits per heavy atom. The molecule has 0 atom stereocenters. The summed E-state index contributed by atoms with van der Waals surface area (Å²) in [5.74, 6) is -1.16. The van der Waals surface area contributed by atoms with Crippen molar-refractivity contribution in [3.63, 3.8) is 0 Å². The van der Waals surface area contributed by atoms with Gasteiger partial charge in [0.15, 0.2) is 11.6 Å². The lowest BCUT2D eigenvalue weighted by atomic mass is 9.91. The highest BCUT2D eigenvalue weighted by Gasteiger charge is 2.21. The second kappa shape index (κ2) is 4.43. The molecule has 3 N–H and O–H groups in total. The predicted molar refractivity (Wildman–Crippen MR) is 72.0 cm³/mol. The molecule has 2 aromatic carbocycles. The number of anilines is 1. The Balaban J connectivity index is 3.12. The van der Waals surface area contributed by atoms with Crippen LogP contribution in [0.1, 0.15) is 30.9 Å².